The van der Waals surface area contributed by atoms with Crippen LogP contribution in [0, 0.1) is 5.92 Å². The minimum absolute atomic E-state index is 0.176. The smallest absolute Gasteiger partial charge is 0.261 e. The average molecular weight is 382 g/mol. The van der Waals surface area contributed by atoms with E-state index in [2.05, 4.69) is 11.4 Å². The van der Waals surface area contributed by atoms with Gasteiger partial charge in [0.15, 0.2) is 0 Å². The van der Waals surface area contributed by atoms with Crippen molar-refractivity contribution in [3.8, 4) is 0 Å². The predicted octanol–water partition coefficient (Wildman–Crippen LogP) is 2.76. The van der Waals surface area contributed by atoms with E-state index < -0.39 is 10.1 Å². The lowest BCUT2D eigenvalue weighted by Gasteiger charge is -2.29. The Balaban J connectivity index is 0.000000338. The molecule has 2 N–H and O–H groups in total. The molecule has 2 aliphatic rings. The number of methoxy groups -OCH3 is 1. The Hall–Kier alpha value is -0.370. The summed E-state index contributed by atoms with van der Waals surface area (Å²) in [5.74, 6) is 0.639. The molecule has 2 fully saturated rings. The lowest BCUT2D eigenvalue weighted by atomic mass is 9.74. The monoisotopic (exact) mass is 381 g/mol. The summed E-state index contributed by atoms with van der Waals surface area (Å²) in [4.78, 5) is 0. The second-order valence-electron chi connectivity index (χ2n) is 6.14. The number of benzene rings is 1. The van der Waals surface area contributed by atoms with Gasteiger partial charge in [0.25, 0.3) is 10.1 Å². The summed E-state index contributed by atoms with van der Waals surface area (Å²) in [7, 11) is -1.86. The normalized spacial score (nSPS) is 29.8. The topological polar surface area (TPSA) is 75.6 Å². The van der Waals surface area contributed by atoms with Crippen molar-refractivity contribution < 1.29 is 17.7 Å². The molecule has 0 spiro atoms. The van der Waals surface area contributed by atoms with Gasteiger partial charge in [0.05, 0.1) is 22.4 Å². The van der Waals surface area contributed by atoms with Crippen LogP contribution in [0.5, 0.6) is 0 Å². The molecule has 1 aromatic carbocycles. The molecule has 0 radical (unpaired) electrons. The van der Waals surface area contributed by atoms with Crippen LogP contribution in [0.2, 0.25) is 10.0 Å². The molecule has 1 saturated carbocycles. The minimum Gasteiger partial charge on any atom is -0.381 e. The molecule has 1 saturated heterocycles. The molecule has 8 heteroatoms. The van der Waals surface area contributed by atoms with Crippen LogP contribution >= 0.6 is 23.2 Å². The number of hydrogen-bond donors (Lipinski definition) is 2. The quantitative estimate of drug-likeness (QED) is 0.770. The van der Waals surface area contributed by atoms with Crippen LogP contribution in [-0.2, 0) is 20.3 Å². The van der Waals surface area contributed by atoms with Crippen LogP contribution in [-0.4, -0.2) is 45.5 Å². The molecular weight excluding hydrogens is 361 g/mol. The maximum atomic E-state index is 9.19. The first kappa shape index (κ1) is 19.0. The molecule has 130 valence electrons. The van der Waals surface area contributed by atoms with Crippen molar-refractivity contribution in [1.29, 1.82) is 0 Å². The molecule has 3 rings (SSSR count). The number of ether oxygens (including phenoxy) is 1. The molecule has 0 bridgehead atoms. The van der Waals surface area contributed by atoms with E-state index in [-0.39, 0.29) is 5.41 Å². The zero-order valence-electron chi connectivity index (χ0n) is 13.1. The predicted molar refractivity (Wildman–Crippen MR) is 92.0 cm³/mol. The Morgan fingerprint density at radius 3 is 2.57 bits per heavy atom. The van der Waals surface area contributed by atoms with E-state index in [0.717, 1.165) is 25.9 Å². The summed E-state index contributed by atoms with van der Waals surface area (Å²) in [5.41, 5.74) is 1.47. The lowest BCUT2D eigenvalue weighted by molar-refractivity contribution is 0.100. The number of nitrogens with one attached hydrogen (secondary N) is 1. The summed E-state index contributed by atoms with van der Waals surface area (Å²) in [6.07, 6.45) is 3.28. The molecule has 1 aliphatic carbocycles. The highest BCUT2D eigenvalue weighted by Gasteiger charge is 2.51. The number of fused-ring (bicyclic) bond motifs is 1. The van der Waals surface area contributed by atoms with Gasteiger partial charge in [-0.05, 0) is 43.0 Å². The van der Waals surface area contributed by atoms with Crippen molar-refractivity contribution in [3.63, 3.8) is 0 Å². The first-order valence-electron chi connectivity index (χ1n) is 7.27. The molecule has 0 aromatic heterocycles. The third-order valence-electron chi connectivity index (χ3n) is 4.58. The van der Waals surface area contributed by atoms with Gasteiger partial charge in [-0.1, -0.05) is 29.3 Å². The summed E-state index contributed by atoms with van der Waals surface area (Å²) in [5, 5.41) is 4.78. The number of hydrogen-bond acceptors (Lipinski definition) is 4. The lowest BCUT2D eigenvalue weighted by Crippen LogP contribution is -2.31. The second-order valence-corrected chi connectivity index (χ2v) is 8.42. The summed E-state index contributed by atoms with van der Waals surface area (Å²) >= 11 is 12.2. The third-order valence-corrected chi connectivity index (χ3v) is 5.32. The van der Waals surface area contributed by atoms with E-state index in [1.807, 2.05) is 19.2 Å². The van der Waals surface area contributed by atoms with Crippen LogP contribution in [0.15, 0.2) is 18.2 Å². The van der Waals surface area contributed by atoms with Crippen LogP contribution in [0.4, 0.5) is 0 Å². The van der Waals surface area contributed by atoms with Crippen molar-refractivity contribution in [3.05, 3.63) is 33.8 Å². The van der Waals surface area contributed by atoms with Crippen LogP contribution in [0.25, 0.3) is 0 Å². The van der Waals surface area contributed by atoms with Crippen molar-refractivity contribution in [2.24, 2.45) is 5.92 Å². The van der Waals surface area contributed by atoms with E-state index >= 15 is 0 Å². The highest BCUT2D eigenvalue weighted by atomic mass is 35.5. The van der Waals surface area contributed by atoms with E-state index in [1.54, 1.807) is 0 Å². The fourth-order valence-corrected chi connectivity index (χ4v) is 3.90. The Bertz CT molecular complexity index is 659. The number of halogens is 2. The molecular formula is C15H21Cl2NO4S. The van der Waals surface area contributed by atoms with Gasteiger partial charge < -0.3 is 10.1 Å². The van der Waals surface area contributed by atoms with Crippen molar-refractivity contribution >= 4 is 33.3 Å². The molecule has 5 nitrogen and oxygen atoms in total. The average Bonchev–Trinajstić information content (AvgIpc) is 2.97. The fourth-order valence-electron chi connectivity index (χ4n) is 3.60. The summed E-state index contributed by atoms with van der Waals surface area (Å²) in [6.45, 7) is 2.08. The van der Waals surface area contributed by atoms with Crippen LogP contribution < -0.4 is 5.32 Å². The first-order valence-corrected chi connectivity index (χ1v) is 9.87. The molecule has 1 aliphatic heterocycles. The van der Waals surface area contributed by atoms with Gasteiger partial charge >= 0.3 is 0 Å². The Morgan fingerprint density at radius 1 is 1.35 bits per heavy atom. The van der Waals surface area contributed by atoms with E-state index in [9.17, 15) is 8.42 Å². The minimum atomic E-state index is -3.67. The van der Waals surface area contributed by atoms with Crippen molar-refractivity contribution in [2.75, 3.05) is 26.5 Å². The van der Waals surface area contributed by atoms with Gasteiger partial charge in [-0.2, -0.15) is 8.42 Å². The highest BCUT2D eigenvalue weighted by molar-refractivity contribution is 7.85. The van der Waals surface area contributed by atoms with Gasteiger partial charge in [0.1, 0.15) is 0 Å². The molecule has 1 aromatic rings. The molecule has 0 amide bonds. The maximum Gasteiger partial charge on any atom is 0.261 e. The van der Waals surface area contributed by atoms with E-state index in [0.29, 0.717) is 28.3 Å². The number of rotatable bonds is 2. The van der Waals surface area contributed by atoms with E-state index in [1.165, 1.54) is 5.56 Å². The van der Waals surface area contributed by atoms with Crippen molar-refractivity contribution in [2.45, 2.75) is 24.4 Å². The Kier molecular flexibility index (Phi) is 5.98. The molecule has 1 heterocycles. The van der Waals surface area contributed by atoms with Crippen LogP contribution in [0.1, 0.15) is 18.4 Å². The van der Waals surface area contributed by atoms with E-state index in [4.69, 9.17) is 32.5 Å². The third kappa shape index (κ3) is 4.59. The second kappa shape index (κ2) is 7.25. The largest absolute Gasteiger partial charge is 0.381 e. The maximum absolute atomic E-state index is 9.19. The molecule has 23 heavy (non-hydrogen) atoms. The van der Waals surface area contributed by atoms with Gasteiger partial charge in [-0.3, -0.25) is 4.55 Å². The van der Waals surface area contributed by atoms with Gasteiger partial charge in [0.2, 0.25) is 0 Å². The molecule has 3 atom stereocenters. The van der Waals surface area contributed by atoms with Crippen LogP contribution in [0.3, 0.4) is 0 Å². The van der Waals surface area contributed by atoms with Crippen molar-refractivity contribution in [1.82, 2.24) is 5.32 Å². The van der Waals surface area contributed by atoms with Gasteiger partial charge in [-0.25, -0.2) is 0 Å². The summed E-state index contributed by atoms with van der Waals surface area (Å²) < 4.78 is 31.4. The highest BCUT2D eigenvalue weighted by Crippen LogP contribution is 2.49. The Morgan fingerprint density at radius 2 is 2.00 bits per heavy atom. The standard InChI is InChI=1S/C14H17Cl2NO.CH4O3S/c1-18-11-4-10-7-17-8-14(10,6-11)9-2-3-12(15)13(16)5-9;1-5(2,3)4/h2-3,5,10-11,17H,4,6-8H2,1H3;1H3,(H,2,3,4)/t10-,11-,14+;/m1./s1. The van der Waals surface area contributed by atoms with Gasteiger partial charge in [0, 0.05) is 19.1 Å². The summed E-state index contributed by atoms with van der Waals surface area (Å²) in [6, 6.07) is 6.05. The first-order chi connectivity index (χ1) is 10.7. The SMILES string of the molecule is CO[C@@H]1C[C@@H]2CNC[C@]2(c2ccc(Cl)c(Cl)c2)C1.CS(=O)(=O)O. The zero-order chi connectivity index (χ0) is 17.3. The fraction of sp³-hybridized carbons (Fsp3) is 0.600. The van der Waals surface area contributed by atoms with Gasteiger partial charge in [-0.15, -0.1) is 0 Å². The Labute approximate surface area is 147 Å². The molecule has 0 unspecified atom stereocenters. The zero-order valence-corrected chi connectivity index (χ0v) is 15.4.